The molecule has 0 bridgehead atoms. The molecule has 0 radical (unpaired) electrons. The predicted octanol–water partition coefficient (Wildman–Crippen LogP) is 3.87. The molecule has 0 aromatic heterocycles. The van der Waals surface area contributed by atoms with Crippen molar-refractivity contribution in [2.45, 2.75) is 108 Å². The minimum absolute atomic E-state index is 0.0159. The molecule has 7 nitrogen and oxygen atoms in total. The van der Waals surface area contributed by atoms with Gasteiger partial charge in [-0.05, 0) is 81.4 Å². The quantitative estimate of drug-likeness (QED) is 0.459. The van der Waals surface area contributed by atoms with Crippen LogP contribution in [-0.2, 0) is 20.8 Å². The molecule has 1 aliphatic heterocycles. The smallest absolute Gasteiger partial charge is 0.246 e. The van der Waals surface area contributed by atoms with Gasteiger partial charge in [-0.3, -0.25) is 14.4 Å². The summed E-state index contributed by atoms with van der Waals surface area (Å²) in [6.45, 7) is 2.38. The molecule has 3 N–H and O–H groups in total. The number of hydrogen-bond donors (Lipinski definition) is 3. The Balaban J connectivity index is 1.31. The highest BCUT2D eigenvalue weighted by atomic mass is 16.2. The van der Waals surface area contributed by atoms with Crippen molar-refractivity contribution in [3.63, 3.8) is 0 Å². The Morgan fingerprint density at radius 1 is 0.974 bits per heavy atom. The van der Waals surface area contributed by atoms with E-state index < -0.39 is 12.1 Å². The van der Waals surface area contributed by atoms with E-state index in [9.17, 15) is 14.4 Å². The average Bonchev–Trinajstić information content (AvgIpc) is 3.54. The van der Waals surface area contributed by atoms with E-state index in [-0.39, 0.29) is 35.7 Å². The second-order valence-corrected chi connectivity index (χ2v) is 12.3. The van der Waals surface area contributed by atoms with Gasteiger partial charge < -0.3 is 20.9 Å². The van der Waals surface area contributed by atoms with Crippen molar-refractivity contribution in [3.8, 4) is 0 Å². The second kappa shape index (κ2) is 12.2. The molecule has 1 saturated heterocycles. The van der Waals surface area contributed by atoms with Gasteiger partial charge in [0.15, 0.2) is 0 Å². The number of benzene rings is 1. The van der Waals surface area contributed by atoms with E-state index in [1.807, 2.05) is 6.92 Å². The van der Waals surface area contributed by atoms with E-state index >= 15 is 0 Å². The van der Waals surface area contributed by atoms with Crippen LogP contribution in [0.2, 0.25) is 0 Å². The Morgan fingerprint density at radius 3 is 2.45 bits per heavy atom. The van der Waals surface area contributed by atoms with Crippen LogP contribution >= 0.6 is 0 Å². The van der Waals surface area contributed by atoms with Crippen LogP contribution in [0.1, 0.15) is 94.7 Å². The first-order chi connectivity index (χ1) is 18.5. The van der Waals surface area contributed by atoms with Gasteiger partial charge in [-0.25, -0.2) is 0 Å². The van der Waals surface area contributed by atoms with Crippen LogP contribution in [0.5, 0.6) is 0 Å². The summed E-state index contributed by atoms with van der Waals surface area (Å²) < 4.78 is 0. The Kier molecular flexibility index (Phi) is 8.71. The molecule has 7 heteroatoms. The summed E-state index contributed by atoms with van der Waals surface area (Å²) in [6.07, 6.45) is 12.8. The zero-order chi connectivity index (χ0) is 26.6. The van der Waals surface area contributed by atoms with E-state index in [2.05, 4.69) is 40.2 Å². The molecule has 3 aliphatic carbocycles. The van der Waals surface area contributed by atoms with Crippen molar-refractivity contribution in [2.24, 2.45) is 17.8 Å². The highest BCUT2D eigenvalue weighted by Gasteiger charge is 2.43. The molecule has 1 aromatic carbocycles. The SMILES string of the molecule is CN[C@@H](C)C(=O)N[C@H](C(=O)N1CCC[C@H]1C(=O)N[C@H]1c2ccccc2C[C@H]1CC1CCC1)C1CCCCC1. The summed E-state index contributed by atoms with van der Waals surface area (Å²) in [5.74, 6) is 1.06. The lowest BCUT2D eigenvalue weighted by Crippen LogP contribution is -2.58. The number of likely N-dealkylation sites (N-methyl/N-ethyl adjacent to an activating group) is 1. The third kappa shape index (κ3) is 5.78. The molecule has 4 aliphatic rings. The number of rotatable bonds is 9. The van der Waals surface area contributed by atoms with Gasteiger partial charge in [-0.1, -0.05) is 62.8 Å². The molecule has 38 heavy (non-hydrogen) atoms. The third-order valence-electron chi connectivity index (χ3n) is 9.85. The molecule has 5 atom stereocenters. The van der Waals surface area contributed by atoms with Gasteiger partial charge in [-0.2, -0.15) is 0 Å². The van der Waals surface area contributed by atoms with Crippen molar-refractivity contribution < 1.29 is 14.4 Å². The topological polar surface area (TPSA) is 90.5 Å². The number of carbonyl (C=O) groups is 3. The number of nitrogens with one attached hydrogen (secondary N) is 3. The van der Waals surface area contributed by atoms with E-state index in [0.29, 0.717) is 18.9 Å². The first kappa shape index (κ1) is 27.2. The highest BCUT2D eigenvalue weighted by molar-refractivity contribution is 5.93. The third-order valence-corrected chi connectivity index (χ3v) is 9.85. The first-order valence-electron chi connectivity index (χ1n) is 15.1. The van der Waals surface area contributed by atoms with Crippen LogP contribution < -0.4 is 16.0 Å². The summed E-state index contributed by atoms with van der Waals surface area (Å²) in [5, 5.41) is 9.48. The van der Waals surface area contributed by atoms with Crippen molar-refractivity contribution in [3.05, 3.63) is 35.4 Å². The van der Waals surface area contributed by atoms with Crippen molar-refractivity contribution in [1.29, 1.82) is 0 Å². The van der Waals surface area contributed by atoms with Crippen molar-refractivity contribution in [2.75, 3.05) is 13.6 Å². The van der Waals surface area contributed by atoms with E-state index in [1.165, 1.54) is 36.8 Å². The van der Waals surface area contributed by atoms with E-state index in [4.69, 9.17) is 0 Å². The fourth-order valence-electron chi connectivity index (χ4n) is 7.24. The van der Waals surface area contributed by atoms with Crippen LogP contribution in [-0.4, -0.2) is 54.3 Å². The van der Waals surface area contributed by atoms with Crippen LogP contribution in [0.3, 0.4) is 0 Å². The summed E-state index contributed by atoms with van der Waals surface area (Å²) in [4.78, 5) is 42.4. The van der Waals surface area contributed by atoms with Gasteiger partial charge in [0.2, 0.25) is 17.7 Å². The predicted molar refractivity (Wildman–Crippen MR) is 148 cm³/mol. The Labute approximate surface area is 227 Å². The second-order valence-electron chi connectivity index (χ2n) is 12.3. The summed E-state index contributed by atoms with van der Waals surface area (Å²) >= 11 is 0. The van der Waals surface area contributed by atoms with Gasteiger partial charge in [0.1, 0.15) is 12.1 Å². The zero-order valence-electron chi connectivity index (χ0n) is 23.2. The lowest BCUT2D eigenvalue weighted by atomic mass is 9.77. The maximum absolute atomic E-state index is 14.0. The summed E-state index contributed by atoms with van der Waals surface area (Å²) in [5.41, 5.74) is 2.59. The highest BCUT2D eigenvalue weighted by Crippen LogP contribution is 2.43. The van der Waals surface area contributed by atoms with Crippen LogP contribution in [0.25, 0.3) is 0 Å². The molecule has 0 spiro atoms. The lowest BCUT2D eigenvalue weighted by molar-refractivity contribution is -0.143. The van der Waals surface area contributed by atoms with Gasteiger partial charge in [0.25, 0.3) is 0 Å². The molecule has 2 saturated carbocycles. The van der Waals surface area contributed by atoms with Crippen molar-refractivity contribution >= 4 is 17.7 Å². The Hall–Kier alpha value is -2.41. The van der Waals surface area contributed by atoms with Crippen LogP contribution in [0.15, 0.2) is 24.3 Å². The largest absolute Gasteiger partial charge is 0.347 e. The standard InChI is InChI=1S/C31H46N4O3/c1-20(32-2)29(36)34-28(22-12-4-3-5-13-22)31(38)35-17-9-16-26(35)30(37)33-27-24(18-21-10-8-11-21)19-23-14-6-7-15-25(23)27/h6-7,14-15,20-22,24,26-28,32H,3-5,8-13,16-19H2,1-2H3,(H,33,37)(H,34,36)/t20-,24+,26-,27+,28-/m0/s1. The molecule has 0 unspecified atom stereocenters. The number of fused-ring (bicyclic) bond motifs is 1. The Bertz CT molecular complexity index is 1000. The fraction of sp³-hybridized carbons (Fsp3) is 0.710. The van der Waals surface area contributed by atoms with Gasteiger partial charge in [0, 0.05) is 6.54 Å². The van der Waals surface area contributed by atoms with Crippen molar-refractivity contribution in [1.82, 2.24) is 20.9 Å². The molecule has 3 amide bonds. The lowest BCUT2D eigenvalue weighted by Gasteiger charge is -2.36. The zero-order valence-corrected chi connectivity index (χ0v) is 23.2. The molecule has 208 valence electrons. The Morgan fingerprint density at radius 2 is 1.74 bits per heavy atom. The van der Waals surface area contributed by atoms with E-state index in [1.54, 1.807) is 11.9 Å². The van der Waals surface area contributed by atoms with Crippen LogP contribution in [0.4, 0.5) is 0 Å². The minimum Gasteiger partial charge on any atom is -0.347 e. The molecule has 1 aromatic rings. The summed E-state index contributed by atoms with van der Waals surface area (Å²) in [7, 11) is 1.75. The number of carbonyl (C=O) groups excluding carboxylic acids is 3. The van der Waals surface area contributed by atoms with Gasteiger partial charge >= 0.3 is 0 Å². The van der Waals surface area contributed by atoms with Crippen LogP contribution in [0, 0.1) is 17.8 Å². The number of nitrogens with zero attached hydrogens (tertiary/aromatic N) is 1. The molecular weight excluding hydrogens is 476 g/mol. The monoisotopic (exact) mass is 522 g/mol. The van der Waals surface area contributed by atoms with Gasteiger partial charge in [0.05, 0.1) is 12.1 Å². The number of likely N-dealkylation sites (tertiary alicyclic amines) is 1. The number of hydrogen-bond acceptors (Lipinski definition) is 4. The molecule has 3 fully saturated rings. The molecular formula is C31H46N4O3. The average molecular weight is 523 g/mol. The number of amides is 3. The normalized spacial score (nSPS) is 27.3. The maximum Gasteiger partial charge on any atom is 0.246 e. The fourth-order valence-corrected chi connectivity index (χ4v) is 7.24. The molecule has 1 heterocycles. The van der Waals surface area contributed by atoms with Gasteiger partial charge in [-0.15, -0.1) is 0 Å². The maximum atomic E-state index is 14.0. The first-order valence-corrected chi connectivity index (χ1v) is 15.1. The van der Waals surface area contributed by atoms with E-state index in [0.717, 1.165) is 50.9 Å². The minimum atomic E-state index is -0.564. The summed E-state index contributed by atoms with van der Waals surface area (Å²) in [6, 6.07) is 7.13. The molecule has 5 rings (SSSR count).